The molecule has 28 heavy (non-hydrogen) atoms. The third-order valence-corrected chi connectivity index (χ3v) is 4.68. The number of hydrogen-bond donors (Lipinski definition) is 0. The Labute approximate surface area is 164 Å². The Hall–Kier alpha value is -3.09. The normalized spacial score (nSPS) is 13.0. The molecule has 0 N–H and O–H groups in total. The van der Waals surface area contributed by atoms with Crippen molar-refractivity contribution in [3.63, 3.8) is 0 Å². The molecule has 1 aliphatic rings. The van der Waals surface area contributed by atoms with Crippen molar-refractivity contribution in [3.05, 3.63) is 35.4 Å². The van der Waals surface area contributed by atoms with Crippen molar-refractivity contribution in [2.24, 2.45) is 0 Å². The van der Waals surface area contributed by atoms with Gasteiger partial charge in [0.1, 0.15) is 11.5 Å². The summed E-state index contributed by atoms with van der Waals surface area (Å²) in [6.07, 6.45) is 0.272. The van der Waals surface area contributed by atoms with Gasteiger partial charge in [0, 0.05) is 24.0 Å². The van der Waals surface area contributed by atoms with E-state index < -0.39 is 0 Å². The molecule has 150 valence electrons. The van der Waals surface area contributed by atoms with Gasteiger partial charge in [-0.15, -0.1) is 0 Å². The Morgan fingerprint density at radius 3 is 1.96 bits per heavy atom. The highest BCUT2D eigenvalue weighted by atomic mass is 16.7. The van der Waals surface area contributed by atoms with Crippen LogP contribution in [0.3, 0.4) is 0 Å². The van der Waals surface area contributed by atoms with Gasteiger partial charge < -0.3 is 28.4 Å². The average molecular weight is 388 g/mol. The van der Waals surface area contributed by atoms with Crippen LogP contribution >= 0.6 is 0 Å². The van der Waals surface area contributed by atoms with Crippen LogP contribution in [-0.4, -0.2) is 41.0 Å². The molecule has 2 aromatic carbocycles. The largest absolute Gasteiger partial charge is 0.496 e. The molecule has 0 amide bonds. The van der Waals surface area contributed by atoms with E-state index in [1.165, 1.54) is 0 Å². The van der Waals surface area contributed by atoms with Crippen molar-refractivity contribution >= 4 is 5.78 Å². The van der Waals surface area contributed by atoms with Crippen molar-refractivity contribution in [3.8, 4) is 34.5 Å². The van der Waals surface area contributed by atoms with Crippen LogP contribution in [-0.2, 0) is 4.79 Å². The van der Waals surface area contributed by atoms with Gasteiger partial charge in [-0.05, 0) is 30.7 Å². The highest BCUT2D eigenvalue weighted by Crippen LogP contribution is 2.46. The number of benzene rings is 2. The van der Waals surface area contributed by atoms with Crippen molar-refractivity contribution in [1.29, 1.82) is 0 Å². The van der Waals surface area contributed by atoms with Crippen LogP contribution in [0.15, 0.2) is 24.3 Å². The van der Waals surface area contributed by atoms with Gasteiger partial charge in [-0.3, -0.25) is 4.79 Å². The molecule has 0 saturated carbocycles. The SMILES string of the molecule is COc1cc2c(cc1C(CC(C)=O)c1cc(OC)c(OC)c(OC)c1)OCO2. The lowest BCUT2D eigenvalue weighted by Gasteiger charge is -2.22. The van der Waals surface area contributed by atoms with E-state index in [0.29, 0.717) is 34.5 Å². The number of ether oxygens (including phenoxy) is 6. The molecular formula is C21H24O7. The van der Waals surface area contributed by atoms with E-state index >= 15 is 0 Å². The van der Waals surface area contributed by atoms with Gasteiger partial charge in [0.15, 0.2) is 23.0 Å². The molecule has 0 saturated heterocycles. The van der Waals surface area contributed by atoms with Crippen LogP contribution in [0.4, 0.5) is 0 Å². The number of carbonyl (C=O) groups excluding carboxylic acids is 1. The molecule has 2 aromatic rings. The summed E-state index contributed by atoms with van der Waals surface area (Å²) in [5, 5.41) is 0. The van der Waals surface area contributed by atoms with Crippen LogP contribution < -0.4 is 28.4 Å². The maximum absolute atomic E-state index is 12.1. The van der Waals surface area contributed by atoms with E-state index in [2.05, 4.69) is 0 Å². The monoisotopic (exact) mass is 388 g/mol. The lowest BCUT2D eigenvalue weighted by Crippen LogP contribution is -2.09. The van der Waals surface area contributed by atoms with E-state index in [1.54, 1.807) is 41.4 Å². The summed E-state index contributed by atoms with van der Waals surface area (Å²) in [6, 6.07) is 7.33. The number of rotatable bonds is 8. The van der Waals surface area contributed by atoms with Crippen LogP contribution in [0.2, 0.25) is 0 Å². The molecule has 3 rings (SSSR count). The molecule has 1 unspecified atom stereocenters. The van der Waals surface area contributed by atoms with E-state index in [1.807, 2.05) is 18.2 Å². The van der Waals surface area contributed by atoms with E-state index in [0.717, 1.165) is 11.1 Å². The number of methoxy groups -OCH3 is 4. The molecule has 7 nitrogen and oxygen atoms in total. The zero-order valence-electron chi connectivity index (χ0n) is 16.7. The molecule has 0 aliphatic carbocycles. The van der Waals surface area contributed by atoms with E-state index in [-0.39, 0.29) is 24.9 Å². The molecule has 0 fully saturated rings. The van der Waals surface area contributed by atoms with Gasteiger partial charge in [0.05, 0.1) is 28.4 Å². The van der Waals surface area contributed by atoms with Gasteiger partial charge in [-0.1, -0.05) is 0 Å². The molecule has 0 spiro atoms. The fourth-order valence-corrected chi connectivity index (χ4v) is 3.39. The van der Waals surface area contributed by atoms with E-state index in [4.69, 9.17) is 28.4 Å². The van der Waals surface area contributed by atoms with Gasteiger partial charge in [0.25, 0.3) is 0 Å². The fraction of sp³-hybridized carbons (Fsp3) is 0.381. The maximum Gasteiger partial charge on any atom is 0.231 e. The summed E-state index contributed by atoms with van der Waals surface area (Å²) in [7, 11) is 6.25. The van der Waals surface area contributed by atoms with Gasteiger partial charge in [-0.2, -0.15) is 0 Å². The van der Waals surface area contributed by atoms with Gasteiger partial charge >= 0.3 is 0 Å². The highest BCUT2D eigenvalue weighted by molar-refractivity contribution is 5.78. The number of carbonyl (C=O) groups is 1. The van der Waals surface area contributed by atoms with Crippen LogP contribution in [0.5, 0.6) is 34.5 Å². The number of fused-ring (bicyclic) bond motifs is 1. The first-order valence-electron chi connectivity index (χ1n) is 8.79. The fourth-order valence-electron chi connectivity index (χ4n) is 3.39. The third-order valence-electron chi connectivity index (χ3n) is 4.68. The minimum atomic E-state index is -0.296. The topological polar surface area (TPSA) is 72.5 Å². The van der Waals surface area contributed by atoms with Crippen LogP contribution in [0, 0.1) is 0 Å². The molecule has 0 aromatic heterocycles. The molecule has 1 aliphatic heterocycles. The van der Waals surface area contributed by atoms with Crippen molar-refractivity contribution in [1.82, 2.24) is 0 Å². The Morgan fingerprint density at radius 2 is 1.46 bits per heavy atom. The first-order valence-corrected chi connectivity index (χ1v) is 8.79. The number of ketones is 1. The summed E-state index contributed by atoms with van der Waals surface area (Å²) in [4.78, 5) is 12.1. The molecule has 0 radical (unpaired) electrons. The maximum atomic E-state index is 12.1. The Balaban J connectivity index is 2.18. The second-order valence-corrected chi connectivity index (χ2v) is 6.36. The van der Waals surface area contributed by atoms with Crippen molar-refractivity contribution in [2.75, 3.05) is 35.2 Å². The molecule has 7 heteroatoms. The van der Waals surface area contributed by atoms with Crippen molar-refractivity contribution in [2.45, 2.75) is 19.3 Å². The molecular weight excluding hydrogens is 364 g/mol. The van der Waals surface area contributed by atoms with Crippen LogP contribution in [0.25, 0.3) is 0 Å². The Morgan fingerprint density at radius 1 is 0.893 bits per heavy atom. The average Bonchev–Trinajstić information content (AvgIpc) is 3.17. The Kier molecular flexibility index (Phi) is 5.82. The second kappa shape index (κ2) is 8.29. The number of hydrogen-bond acceptors (Lipinski definition) is 7. The smallest absolute Gasteiger partial charge is 0.231 e. The standard InChI is InChI=1S/C21H24O7/c1-12(22)6-14(13-7-19(24-3)21(26-5)20(8-13)25-4)15-9-17-18(28-11-27-17)10-16(15)23-2/h7-10,14H,6,11H2,1-5H3. The summed E-state index contributed by atoms with van der Waals surface area (Å²) < 4.78 is 32.9. The van der Waals surface area contributed by atoms with Gasteiger partial charge in [0.2, 0.25) is 12.5 Å². The quantitative estimate of drug-likeness (QED) is 0.685. The minimum absolute atomic E-state index is 0.0403. The molecule has 1 heterocycles. The second-order valence-electron chi connectivity index (χ2n) is 6.36. The zero-order chi connectivity index (χ0) is 20.3. The first-order chi connectivity index (χ1) is 13.5. The van der Waals surface area contributed by atoms with Crippen molar-refractivity contribution < 1.29 is 33.2 Å². The molecule has 1 atom stereocenters. The summed E-state index contributed by atoms with van der Waals surface area (Å²) in [6.45, 7) is 1.72. The lowest BCUT2D eigenvalue weighted by atomic mass is 9.86. The predicted octanol–water partition coefficient (Wildman–Crippen LogP) is 3.56. The number of Topliss-reactive ketones (excluding diaryl/α,β-unsaturated/α-hetero) is 1. The highest BCUT2D eigenvalue weighted by Gasteiger charge is 2.27. The summed E-state index contributed by atoms with van der Waals surface area (Å²) in [5.74, 6) is 3.13. The Bertz CT molecular complexity index is 850. The van der Waals surface area contributed by atoms with E-state index in [9.17, 15) is 4.79 Å². The van der Waals surface area contributed by atoms with Gasteiger partial charge in [-0.25, -0.2) is 0 Å². The molecule has 0 bridgehead atoms. The lowest BCUT2D eigenvalue weighted by molar-refractivity contribution is -0.117. The third kappa shape index (κ3) is 3.65. The first kappa shape index (κ1) is 19.7. The summed E-state index contributed by atoms with van der Waals surface area (Å²) in [5.41, 5.74) is 1.65. The summed E-state index contributed by atoms with van der Waals surface area (Å²) >= 11 is 0. The van der Waals surface area contributed by atoms with Crippen LogP contribution in [0.1, 0.15) is 30.4 Å². The predicted molar refractivity (Wildman–Crippen MR) is 102 cm³/mol. The minimum Gasteiger partial charge on any atom is -0.496 e. The zero-order valence-corrected chi connectivity index (χ0v) is 16.7.